The van der Waals surface area contributed by atoms with Crippen molar-refractivity contribution in [1.29, 1.82) is 0 Å². The van der Waals surface area contributed by atoms with Crippen LogP contribution in [-0.2, 0) is 14.8 Å². The molecule has 0 heterocycles. The standard InChI is InChI=1S/C19H25N3O3S/c1-5-22(6-2)17-9-12-19(14(3)13-17)21-26(24,25)18-10-7-16(8-11-18)20-15(4)23/h7-13,21H,5-6H2,1-4H3,(H,20,23). The van der Waals surface area contributed by atoms with Crippen LogP contribution in [0.5, 0.6) is 0 Å². The number of aryl methyl sites for hydroxylation is 1. The maximum absolute atomic E-state index is 12.6. The maximum Gasteiger partial charge on any atom is 0.261 e. The first-order valence-electron chi connectivity index (χ1n) is 8.53. The van der Waals surface area contributed by atoms with E-state index in [0.29, 0.717) is 11.4 Å². The zero-order chi connectivity index (χ0) is 19.3. The Morgan fingerprint density at radius 3 is 2.15 bits per heavy atom. The lowest BCUT2D eigenvalue weighted by Gasteiger charge is -2.22. The van der Waals surface area contributed by atoms with Gasteiger partial charge in [-0.25, -0.2) is 8.42 Å². The van der Waals surface area contributed by atoms with Crippen LogP contribution >= 0.6 is 0 Å². The molecule has 0 aliphatic carbocycles. The summed E-state index contributed by atoms with van der Waals surface area (Å²) in [4.78, 5) is 13.4. The molecule has 0 fully saturated rings. The normalized spacial score (nSPS) is 11.1. The molecule has 6 nitrogen and oxygen atoms in total. The van der Waals surface area contributed by atoms with E-state index in [-0.39, 0.29) is 10.8 Å². The number of hydrogen-bond donors (Lipinski definition) is 2. The van der Waals surface area contributed by atoms with E-state index in [1.807, 2.05) is 19.1 Å². The van der Waals surface area contributed by atoms with Gasteiger partial charge >= 0.3 is 0 Å². The lowest BCUT2D eigenvalue weighted by molar-refractivity contribution is -0.114. The average Bonchev–Trinajstić information content (AvgIpc) is 2.58. The Kier molecular flexibility index (Phi) is 6.26. The molecule has 0 aromatic heterocycles. The van der Waals surface area contributed by atoms with Gasteiger partial charge in [-0.3, -0.25) is 9.52 Å². The third-order valence-electron chi connectivity index (χ3n) is 4.07. The maximum atomic E-state index is 12.6. The number of hydrogen-bond acceptors (Lipinski definition) is 4. The highest BCUT2D eigenvalue weighted by atomic mass is 32.2. The summed E-state index contributed by atoms with van der Waals surface area (Å²) in [6.07, 6.45) is 0. The summed E-state index contributed by atoms with van der Waals surface area (Å²) >= 11 is 0. The molecule has 0 saturated heterocycles. The third-order valence-corrected chi connectivity index (χ3v) is 5.45. The zero-order valence-electron chi connectivity index (χ0n) is 15.5. The predicted octanol–water partition coefficient (Wildman–Crippen LogP) is 3.60. The summed E-state index contributed by atoms with van der Waals surface area (Å²) in [5.41, 5.74) is 3.02. The Balaban J connectivity index is 2.22. The molecular formula is C19H25N3O3S. The molecule has 2 rings (SSSR count). The van der Waals surface area contributed by atoms with Crippen molar-refractivity contribution in [2.75, 3.05) is 28.0 Å². The largest absolute Gasteiger partial charge is 0.372 e. The lowest BCUT2D eigenvalue weighted by atomic mass is 10.1. The van der Waals surface area contributed by atoms with Crippen molar-refractivity contribution in [2.24, 2.45) is 0 Å². The van der Waals surface area contributed by atoms with Gasteiger partial charge in [0.25, 0.3) is 10.0 Å². The first-order valence-corrected chi connectivity index (χ1v) is 10.0. The van der Waals surface area contributed by atoms with Gasteiger partial charge in [0, 0.05) is 31.4 Å². The summed E-state index contributed by atoms with van der Waals surface area (Å²) in [6.45, 7) is 9.23. The van der Waals surface area contributed by atoms with Crippen LogP contribution in [0.4, 0.5) is 17.1 Å². The first kappa shape index (κ1) is 19.8. The fraction of sp³-hybridized carbons (Fsp3) is 0.316. The molecule has 1 amide bonds. The van der Waals surface area contributed by atoms with E-state index in [4.69, 9.17) is 0 Å². The summed E-state index contributed by atoms with van der Waals surface area (Å²) in [6, 6.07) is 11.7. The summed E-state index contributed by atoms with van der Waals surface area (Å²) in [7, 11) is -3.70. The van der Waals surface area contributed by atoms with Crippen LogP contribution in [0.2, 0.25) is 0 Å². The molecule has 0 radical (unpaired) electrons. The number of nitrogens with one attached hydrogen (secondary N) is 2. The van der Waals surface area contributed by atoms with Gasteiger partial charge in [-0.15, -0.1) is 0 Å². The highest BCUT2D eigenvalue weighted by Crippen LogP contribution is 2.25. The number of anilines is 3. The van der Waals surface area contributed by atoms with Crippen molar-refractivity contribution < 1.29 is 13.2 Å². The van der Waals surface area contributed by atoms with E-state index in [9.17, 15) is 13.2 Å². The highest BCUT2D eigenvalue weighted by Gasteiger charge is 2.16. The Morgan fingerprint density at radius 2 is 1.65 bits per heavy atom. The van der Waals surface area contributed by atoms with Crippen molar-refractivity contribution in [2.45, 2.75) is 32.6 Å². The highest BCUT2D eigenvalue weighted by molar-refractivity contribution is 7.92. The molecule has 0 aliphatic heterocycles. The number of sulfonamides is 1. The van der Waals surface area contributed by atoms with Crippen LogP contribution in [0.25, 0.3) is 0 Å². The molecular weight excluding hydrogens is 350 g/mol. The second-order valence-corrected chi connectivity index (χ2v) is 7.66. The molecule has 26 heavy (non-hydrogen) atoms. The predicted molar refractivity (Wildman–Crippen MR) is 106 cm³/mol. The Morgan fingerprint density at radius 1 is 1.04 bits per heavy atom. The van der Waals surface area contributed by atoms with Crippen LogP contribution in [0.1, 0.15) is 26.3 Å². The van der Waals surface area contributed by atoms with Crippen molar-refractivity contribution in [1.82, 2.24) is 0 Å². The van der Waals surface area contributed by atoms with E-state index in [1.54, 1.807) is 18.2 Å². The van der Waals surface area contributed by atoms with E-state index >= 15 is 0 Å². The monoisotopic (exact) mass is 375 g/mol. The molecule has 140 valence electrons. The van der Waals surface area contributed by atoms with E-state index in [2.05, 4.69) is 28.8 Å². The second kappa shape index (κ2) is 8.23. The fourth-order valence-electron chi connectivity index (χ4n) is 2.67. The van der Waals surface area contributed by atoms with Gasteiger partial charge in [0.15, 0.2) is 0 Å². The molecule has 0 aliphatic rings. The SMILES string of the molecule is CCN(CC)c1ccc(NS(=O)(=O)c2ccc(NC(C)=O)cc2)c(C)c1. The van der Waals surface area contributed by atoms with Gasteiger partial charge in [0.2, 0.25) is 5.91 Å². The molecule has 0 saturated carbocycles. The van der Waals surface area contributed by atoms with Gasteiger partial charge < -0.3 is 10.2 Å². The smallest absolute Gasteiger partial charge is 0.261 e. The number of rotatable bonds is 7. The van der Waals surface area contributed by atoms with Gasteiger partial charge in [0.05, 0.1) is 10.6 Å². The quantitative estimate of drug-likeness (QED) is 0.775. The molecule has 0 unspecified atom stereocenters. The second-order valence-electron chi connectivity index (χ2n) is 5.98. The number of benzene rings is 2. The number of amides is 1. The molecule has 0 atom stereocenters. The van der Waals surface area contributed by atoms with Crippen molar-refractivity contribution in [3.8, 4) is 0 Å². The molecule has 7 heteroatoms. The summed E-state index contributed by atoms with van der Waals surface area (Å²) < 4.78 is 27.9. The van der Waals surface area contributed by atoms with Crippen LogP contribution < -0.4 is 14.9 Å². The molecule has 2 aromatic rings. The molecule has 0 bridgehead atoms. The van der Waals surface area contributed by atoms with Crippen molar-refractivity contribution in [3.63, 3.8) is 0 Å². The zero-order valence-corrected chi connectivity index (χ0v) is 16.4. The Bertz CT molecular complexity index is 873. The minimum atomic E-state index is -3.70. The molecule has 0 spiro atoms. The first-order chi connectivity index (χ1) is 12.3. The van der Waals surface area contributed by atoms with Crippen LogP contribution in [0, 0.1) is 6.92 Å². The average molecular weight is 375 g/mol. The summed E-state index contributed by atoms with van der Waals surface area (Å²) in [5, 5.41) is 2.61. The molecule has 2 N–H and O–H groups in total. The van der Waals surface area contributed by atoms with E-state index < -0.39 is 10.0 Å². The van der Waals surface area contributed by atoms with Crippen molar-refractivity contribution >= 4 is 33.0 Å². The minimum Gasteiger partial charge on any atom is -0.372 e. The van der Waals surface area contributed by atoms with Crippen LogP contribution in [0.15, 0.2) is 47.4 Å². The van der Waals surface area contributed by atoms with Crippen LogP contribution in [-0.4, -0.2) is 27.4 Å². The van der Waals surface area contributed by atoms with Gasteiger partial charge in [-0.05, 0) is 68.8 Å². The third kappa shape index (κ3) is 4.76. The number of carbonyl (C=O) groups excluding carboxylic acids is 1. The number of carbonyl (C=O) groups is 1. The summed E-state index contributed by atoms with van der Waals surface area (Å²) in [5.74, 6) is -0.206. The Hall–Kier alpha value is -2.54. The van der Waals surface area contributed by atoms with Gasteiger partial charge in [-0.2, -0.15) is 0 Å². The number of nitrogens with zero attached hydrogens (tertiary/aromatic N) is 1. The lowest BCUT2D eigenvalue weighted by Crippen LogP contribution is -2.22. The van der Waals surface area contributed by atoms with E-state index in [1.165, 1.54) is 19.1 Å². The van der Waals surface area contributed by atoms with E-state index in [0.717, 1.165) is 24.3 Å². The molecule has 2 aromatic carbocycles. The van der Waals surface area contributed by atoms with Gasteiger partial charge in [0.1, 0.15) is 0 Å². The Labute approximate surface area is 155 Å². The minimum absolute atomic E-state index is 0.138. The fourth-order valence-corrected chi connectivity index (χ4v) is 3.80. The van der Waals surface area contributed by atoms with Gasteiger partial charge in [-0.1, -0.05) is 0 Å². The van der Waals surface area contributed by atoms with Crippen LogP contribution in [0.3, 0.4) is 0 Å². The van der Waals surface area contributed by atoms with Crippen molar-refractivity contribution in [3.05, 3.63) is 48.0 Å². The topological polar surface area (TPSA) is 78.5 Å².